The van der Waals surface area contributed by atoms with Crippen molar-refractivity contribution < 1.29 is 14.4 Å². The molecule has 4 aromatic carbocycles. The minimum absolute atomic E-state index is 0.181. The van der Waals surface area contributed by atoms with Crippen LogP contribution in [0.4, 0.5) is 11.4 Å². The van der Waals surface area contributed by atoms with Gasteiger partial charge in [0.05, 0.1) is 0 Å². The van der Waals surface area contributed by atoms with Crippen LogP contribution in [0.2, 0.25) is 0 Å². The summed E-state index contributed by atoms with van der Waals surface area (Å²) in [7, 11) is 0. The molecule has 0 heterocycles. The highest BCUT2D eigenvalue weighted by Gasteiger charge is 2.22. The van der Waals surface area contributed by atoms with Gasteiger partial charge >= 0.3 is 0 Å². The Morgan fingerprint density at radius 2 is 1.25 bits per heavy atom. The van der Waals surface area contributed by atoms with Gasteiger partial charge in [0, 0.05) is 27.4 Å². The molecule has 0 aliphatic rings. The number of hydrogen-bond acceptors (Lipinski definition) is 4. The molecule has 36 heavy (non-hydrogen) atoms. The third kappa shape index (κ3) is 6.40. The van der Waals surface area contributed by atoms with Gasteiger partial charge in [0.15, 0.2) is 0 Å². The first-order valence-electron chi connectivity index (χ1n) is 11.3. The molecule has 0 aliphatic carbocycles. The van der Waals surface area contributed by atoms with E-state index in [2.05, 4.69) is 10.6 Å². The fraction of sp³-hybridized carbons (Fsp3) is 0.0690. The Kier molecular flexibility index (Phi) is 7.82. The topological polar surface area (TPSA) is 101 Å². The van der Waals surface area contributed by atoms with Gasteiger partial charge in [-0.3, -0.25) is 14.4 Å². The van der Waals surface area contributed by atoms with Crippen LogP contribution in [0.15, 0.2) is 108 Å². The summed E-state index contributed by atoms with van der Waals surface area (Å²) in [5.74, 6) is -0.904. The molecule has 0 fully saturated rings. The molecule has 180 valence electrons. The number of benzene rings is 4. The summed E-state index contributed by atoms with van der Waals surface area (Å²) in [6, 6.07) is 30.7. The minimum Gasteiger partial charge on any atom is -0.366 e. The largest absolute Gasteiger partial charge is 0.366 e. The fourth-order valence-corrected chi connectivity index (χ4v) is 4.51. The number of amides is 3. The van der Waals surface area contributed by atoms with E-state index in [1.54, 1.807) is 36.4 Å². The van der Waals surface area contributed by atoms with Crippen molar-refractivity contribution in [2.45, 2.75) is 17.1 Å². The van der Waals surface area contributed by atoms with Crippen LogP contribution < -0.4 is 16.4 Å². The standard InChI is InChI=1S/C29H25N3O3S/c1-19-7-9-22(10-8-19)28(34)31-24-15-17-25(18-16-24)36-26(20-5-3-2-4-6-20)29(35)32-23-13-11-21(12-14-23)27(30)33/h2-18,26H,1H3,(H2,30,33)(H,31,34)(H,32,35). The van der Waals surface area contributed by atoms with Crippen molar-refractivity contribution in [3.8, 4) is 0 Å². The molecule has 1 atom stereocenters. The first-order chi connectivity index (χ1) is 17.4. The quantitative estimate of drug-likeness (QED) is 0.268. The highest BCUT2D eigenvalue weighted by Crippen LogP contribution is 2.36. The summed E-state index contributed by atoms with van der Waals surface area (Å²) in [4.78, 5) is 37.9. The normalized spacial score (nSPS) is 11.4. The number of thioether (sulfide) groups is 1. The molecule has 7 heteroatoms. The molecule has 0 aliphatic heterocycles. The van der Waals surface area contributed by atoms with Crippen molar-refractivity contribution in [3.63, 3.8) is 0 Å². The summed E-state index contributed by atoms with van der Waals surface area (Å²) in [6.45, 7) is 1.97. The lowest BCUT2D eigenvalue weighted by Gasteiger charge is -2.17. The van der Waals surface area contributed by atoms with Crippen molar-refractivity contribution in [3.05, 3.63) is 125 Å². The monoisotopic (exact) mass is 495 g/mol. The second-order valence-electron chi connectivity index (χ2n) is 8.18. The number of anilines is 2. The van der Waals surface area contributed by atoms with Crippen LogP contribution in [0, 0.1) is 6.92 Å². The van der Waals surface area contributed by atoms with Gasteiger partial charge in [0.2, 0.25) is 11.8 Å². The molecule has 0 saturated heterocycles. The van der Waals surface area contributed by atoms with E-state index in [4.69, 9.17) is 5.73 Å². The zero-order valence-electron chi connectivity index (χ0n) is 19.6. The number of carbonyl (C=O) groups is 3. The number of hydrogen-bond donors (Lipinski definition) is 3. The first kappa shape index (κ1) is 24.8. The van der Waals surface area contributed by atoms with Gasteiger partial charge in [0.1, 0.15) is 5.25 Å². The Morgan fingerprint density at radius 1 is 0.694 bits per heavy atom. The highest BCUT2D eigenvalue weighted by molar-refractivity contribution is 8.00. The van der Waals surface area contributed by atoms with Crippen LogP contribution in [0.1, 0.15) is 37.1 Å². The Balaban J connectivity index is 1.47. The third-order valence-electron chi connectivity index (χ3n) is 5.46. The molecule has 6 nitrogen and oxygen atoms in total. The molecule has 1 unspecified atom stereocenters. The van der Waals surface area contributed by atoms with Crippen molar-refractivity contribution >= 4 is 40.9 Å². The van der Waals surface area contributed by atoms with E-state index in [1.165, 1.54) is 11.8 Å². The molecule has 0 saturated carbocycles. The lowest BCUT2D eigenvalue weighted by atomic mass is 10.1. The van der Waals surface area contributed by atoms with Crippen LogP contribution in [0.5, 0.6) is 0 Å². The van der Waals surface area contributed by atoms with Gasteiger partial charge in [0.25, 0.3) is 5.91 Å². The van der Waals surface area contributed by atoms with Crippen LogP contribution >= 0.6 is 11.8 Å². The molecule has 4 aromatic rings. The van der Waals surface area contributed by atoms with Crippen LogP contribution in [-0.2, 0) is 4.79 Å². The van der Waals surface area contributed by atoms with Gasteiger partial charge in [-0.15, -0.1) is 11.8 Å². The van der Waals surface area contributed by atoms with Gasteiger partial charge in [-0.1, -0.05) is 48.0 Å². The molecule has 3 amide bonds. The van der Waals surface area contributed by atoms with Crippen LogP contribution in [-0.4, -0.2) is 17.7 Å². The number of rotatable bonds is 8. The average Bonchev–Trinajstić information content (AvgIpc) is 2.89. The molecular formula is C29H25N3O3S. The second kappa shape index (κ2) is 11.4. The van der Waals surface area contributed by atoms with E-state index in [9.17, 15) is 14.4 Å². The Labute approximate surface area is 213 Å². The van der Waals surface area contributed by atoms with Crippen molar-refractivity contribution in [2.24, 2.45) is 5.73 Å². The summed E-state index contributed by atoms with van der Waals surface area (Å²) in [5.41, 5.74) is 9.43. The molecule has 0 spiro atoms. The zero-order chi connectivity index (χ0) is 25.5. The van der Waals surface area contributed by atoms with Gasteiger partial charge in [-0.2, -0.15) is 0 Å². The number of primary amides is 1. The third-order valence-corrected chi connectivity index (χ3v) is 6.72. The van der Waals surface area contributed by atoms with E-state index >= 15 is 0 Å². The number of nitrogens with one attached hydrogen (secondary N) is 2. The maximum absolute atomic E-state index is 13.2. The lowest BCUT2D eigenvalue weighted by Crippen LogP contribution is -2.19. The van der Waals surface area contributed by atoms with E-state index in [0.29, 0.717) is 22.5 Å². The molecule has 0 radical (unpaired) electrons. The zero-order valence-corrected chi connectivity index (χ0v) is 20.4. The lowest BCUT2D eigenvalue weighted by molar-refractivity contribution is -0.115. The Bertz CT molecular complexity index is 1350. The summed E-state index contributed by atoms with van der Waals surface area (Å²) < 4.78 is 0. The number of nitrogens with two attached hydrogens (primary N) is 1. The van der Waals surface area contributed by atoms with Gasteiger partial charge in [-0.05, 0) is 73.2 Å². The number of aryl methyl sites for hydroxylation is 1. The molecule has 0 bridgehead atoms. The molecule has 0 aromatic heterocycles. The average molecular weight is 496 g/mol. The fourth-order valence-electron chi connectivity index (χ4n) is 3.49. The number of carbonyl (C=O) groups excluding carboxylic acids is 3. The molecule has 4 rings (SSSR count). The Morgan fingerprint density at radius 3 is 1.86 bits per heavy atom. The SMILES string of the molecule is Cc1ccc(C(=O)Nc2ccc(SC(C(=O)Nc3ccc(C(N)=O)cc3)c3ccccc3)cc2)cc1. The summed E-state index contributed by atoms with van der Waals surface area (Å²) >= 11 is 1.40. The van der Waals surface area contributed by atoms with E-state index in [0.717, 1.165) is 16.0 Å². The maximum Gasteiger partial charge on any atom is 0.255 e. The predicted octanol–water partition coefficient (Wildman–Crippen LogP) is 5.82. The van der Waals surface area contributed by atoms with E-state index in [1.807, 2.05) is 73.7 Å². The molecule has 4 N–H and O–H groups in total. The van der Waals surface area contributed by atoms with Crippen molar-refractivity contribution in [2.75, 3.05) is 10.6 Å². The van der Waals surface area contributed by atoms with Crippen LogP contribution in [0.25, 0.3) is 0 Å². The van der Waals surface area contributed by atoms with Crippen molar-refractivity contribution in [1.82, 2.24) is 0 Å². The highest BCUT2D eigenvalue weighted by atomic mass is 32.2. The van der Waals surface area contributed by atoms with Gasteiger partial charge < -0.3 is 16.4 Å². The second-order valence-corrected chi connectivity index (χ2v) is 9.36. The van der Waals surface area contributed by atoms with E-state index < -0.39 is 11.2 Å². The Hall–Kier alpha value is -4.36. The smallest absolute Gasteiger partial charge is 0.255 e. The first-order valence-corrected chi connectivity index (χ1v) is 12.2. The predicted molar refractivity (Wildman–Crippen MR) is 144 cm³/mol. The molecular weight excluding hydrogens is 470 g/mol. The summed E-state index contributed by atoms with van der Waals surface area (Å²) in [6.07, 6.45) is 0. The van der Waals surface area contributed by atoms with Gasteiger partial charge in [-0.25, -0.2) is 0 Å². The minimum atomic E-state index is -0.524. The maximum atomic E-state index is 13.2. The summed E-state index contributed by atoms with van der Waals surface area (Å²) in [5, 5.41) is 5.30. The van der Waals surface area contributed by atoms with E-state index in [-0.39, 0.29) is 11.8 Å². The van der Waals surface area contributed by atoms with Crippen LogP contribution in [0.3, 0.4) is 0 Å². The van der Waals surface area contributed by atoms with Crippen molar-refractivity contribution in [1.29, 1.82) is 0 Å².